The number of pyridine rings is 1. The Labute approximate surface area is 114 Å². The first-order valence-corrected chi connectivity index (χ1v) is 6.47. The number of aryl methyl sites for hydroxylation is 2. The van der Waals surface area contributed by atoms with E-state index in [1.54, 1.807) is 0 Å². The summed E-state index contributed by atoms with van der Waals surface area (Å²) in [6.45, 7) is 6.95. The van der Waals surface area contributed by atoms with Crippen LogP contribution in [0.15, 0.2) is 6.07 Å². The molecule has 1 amide bonds. The molecule has 0 atom stereocenters. The van der Waals surface area contributed by atoms with Gasteiger partial charge in [-0.15, -0.1) is 0 Å². The molecule has 0 aliphatic carbocycles. The predicted octanol–water partition coefficient (Wildman–Crippen LogP) is 1.90. The van der Waals surface area contributed by atoms with Gasteiger partial charge in [-0.2, -0.15) is 5.26 Å². The second-order valence-corrected chi connectivity index (χ2v) is 4.44. The van der Waals surface area contributed by atoms with Crippen molar-refractivity contribution in [3.63, 3.8) is 0 Å². The fourth-order valence-electron chi connectivity index (χ4n) is 1.75. The molecule has 0 aliphatic rings. The molecule has 1 aromatic heterocycles. The van der Waals surface area contributed by atoms with Crippen LogP contribution >= 0.6 is 0 Å². The number of anilines is 1. The zero-order chi connectivity index (χ0) is 14.3. The lowest BCUT2D eigenvalue weighted by Gasteiger charge is -2.10. The van der Waals surface area contributed by atoms with Crippen LogP contribution in [0.25, 0.3) is 0 Å². The molecule has 0 aliphatic heterocycles. The number of nitrogens with one attached hydrogen (secondary N) is 2. The van der Waals surface area contributed by atoms with Gasteiger partial charge < -0.3 is 10.6 Å². The third-order valence-electron chi connectivity index (χ3n) is 2.67. The number of hydrogen-bond donors (Lipinski definition) is 2. The molecule has 2 N–H and O–H groups in total. The Morgan fingerprint density at radius 2 is 2.16 bits per heavy atom. The highest BCUT2D eigenvalue weighted by Gasteiger charge is 2.08. The lowest BCUT2D eigenvalue weighted by atomic mass is 10.1. The molecule has 5 nitrogen and oxygen atoms in total. The molecule has 0 bridgehead atoms. The monoisotopic (exact) mass is 260 g/mol. The number of aromatic nitrogens is 1. The number of nitrogens with zero attached hydrogens (tertiary/aromatic N) is 2. The van der Waals surface area contributed by atoms with Crippen LogP contribution < -0.4 is 10.6 Å². The first-order valence-electron chi connectivity index (χ1n) is 6.47. The number of carbonyl (C=O) groups excluding carboxylic acids is 1. The van der Waals surface area contributed by atoms with E-state index in [9.17, 15) is 4.79 Å². The molecule has 19 heavy (non-hydrogen) atoms. The molecule has 0 aromatic carbocycles. The van der Waals surface area contributed by atoms with Crippen LogP contribution in [0, 0.1) is 25.2 Å². The summed E-state index contributed by atoms with van der Waals surface area (Å²) in [5.41, 5.74) is 2.29. The standard InChI is InChI=1S/C14H20N4O/c1-4-6-16-13(19)5-7-17-14-12(9-15)10(2)8-11(3)18-14/h8H,4-7H2,1-3H3,(H,16,19)(H,17,18). The van der Waals surface area contributed by atoms with Crippen LogP contribution in [-0.4, -0.2) is 24.0 Å². The summed E-state index contributed by atoms with van der Waals surface area (Å²) < 4.78 is 0. The van der Waals surface area contributed by atoms with Gasteiger partial charge in [-0.25, -0.2) is 4.98 Å². The third kappa shape index (κ3) is 4.59. The summed E-state index contributed by atoms with van der Waals surface area (Å²) in [5, 5.41) is 15.0. The summed E-state index contributed by atoms with van der Waals surface area (Å²) in [5.74, 6) is 0.570. The minimum atomic E-state index is 0.0113. The van der Waals surface area contributed by atoms with E-state index in [0.29, 0.717) is 30.9 Å². The molecule has 1 aromatic rings. The Morgan fingerprint density at radius 3 is 2.79 bits per heavy atom. The van der Waals surface area contributed by atoms with E-state index in [4.69, 9.17) is 5.26 Å². The van der Waals surface area contributed by atoms with Crippen molar-refractivity contribution in [2.45, 2.75) is 33.6 Å². The van der Waals surface area contributed by atoms with E-state index < -0.39 is 0 Å². The normalized spacial score (nSPS) is 9.79. The largest absolute Gasteiger partial charge is 0.368 e. The number of nitriles is 1. The third-order valence-corrected chi connectivity index (χ3v) is 2.67. The number of hydrogen-bond acceptors (Lipinski definition) is 4. The second-order valence-electron chi connectivity index (χ2n) is 4.44. The molecule has 0 radical (unpaired) electrons. The van der Waals surface area contributed by atoms with E-state index in [1.165, 1.54) is 0 Å². The van der Waals surface area contributed by atoms with Gasteiger partial charge in [0.1, 0.15) is 11.9 Å². The van der Waals surface area contributed by atoms with Crippen molar-refractivity contribution in [1.82, 2.24) is 10.3 Å². The quantitative estimate of drug-likeness (QED) is 0.819. The molecule has 0 spiro atoms. The van der Waals surface area contributed by atoms with Crippen LogP contribution in [-0.2, 0) is 4.79 Å². The fourth-order valence-corrected chi connectivity index (χ4v) is 1.75. The zero-order valence-electron chi connectivity index (χ0n) is 11.7. The molecule has 0 saturated carbocycles. The summed E-state index contributed by atoms with van der Waals surface area (Å²) in [4.78, 5) is 15.7. The Kier molecular flexibility index (Phi) is 5.80. The number of rotatable bonds is 6. The number of carbonyl (C=O) groups is 1. The Hall–Kier alpha value is -2.09. The minimum Gasteiger partial charge on any atom is -0.368 e. The SMILES string of the molecule is CCCNC(=O)CCNc1nc(C)cc(C)c1C#N. The van der Waals surface area contributed by atoms with E-state index in [2.05, 4.69) is 21.7 Å². The topological polar surface area (TPSA) is 77.8 Å². The van der Waals surface area contributed by atoms with E-state index in [0.717, 1.165) is 17.7 Å². The van der Waals surface area contributed by atoms with E-state index in [1.807, 2.05) is 26.8 Å². The fraction of sp³-hybridized carbons (Fsp3) is 0.500. The van der Waals surface area contributed by atoms with Crippen molar-refractivity contribution in [3.05, 3.63) is 22.9 Å². The van der Waals surface area contributed by atoms with Gasteiger partial charge in [-0.1, -0.05) is 6.92 Å². The van der Waals surface area contributed by atoms with Crippen molar-refractivity contribution in [3.8, 4) is 6.07 Å². The molecule has 0 unspecified atom stereocenters. The Bertz CT molecular complexity index is 491. The van der Waals surface area contributed by atoms with Gasteiger partial charge in [0.05, 0.1) is 5.56 Å². The van der Waals surface area contributed by atoms with Crippen LogP contribution in [0.3, 0.4) is 0 Å². The second kappa shape index (κ2) is 7.37. The van der Waals surface area contributed by atoms with Crippen LogP contribution in [0.2, 0.25) is 0 Å². The van der Waals surface area contributed by atoms with Crippen molar-refractivity contribution in [2.75, 3.05) is 18.4 Å². The average Bonchev–Trinajstić information content (AvgIpc) is 2.36. The van der Waals surface area contributed by atoms with Gasteiger partial charge >= 0.3 is 0 Å². The zero-order valence-corrected chi connectivity index (χ0v) is 11.7. The maximum absolute atomic E-state index is 11.4. The maximum Gasteiger partial charge on any atom is 0.221 e. The molecule has 0 fully saturated rings. The van der Waals surface area contributed by atoms with E-state index >= 15 is 0 Å². The van der Waals surface area contributed by atoms with Crippen molar-refractivity contribution in [1.29, 1.82) is 5.26 Å². The average molecular weight is 260 g/mol. The van der Waals surface area contributed by atoms with Gasteiger partial charge in [0.15, 0.2) is 0 Å². The molecular weight excluding hydrogens is 240 g/mol. The highest BCUT2D eigenvalue weighted by molar-refractivity contribution is 5.76. The summed E-state index contributed by atoms with van der Waals surface area (Å²) in [6.07, 6.45) is 1.30. The Morgan fingerprint density at radius 1 is 1.42 bits per heavy atom. The maximum atomic E-state index is 11.4. The molecule has 5 heteroatoms. The Balaban J connectivity index is 2.59. The van der Waals surface area contributed by atoms with Crippen molar-refractivity contribution < 1.29 is 4.79 Å². The van der Waals surface area contributed by atoms with Gasteiger partial charge in [-0.3, -0.25) is 4.79 Å². The van der Waals surface area contributed by atoms with Gasteiger partial charge in [-0.05, 0) is 31.9 Å². The summed E-state index contributed by atoms with van der Waals surface area (Å²) in [7, 11) is 0. The smallest absolute Gasteiger partial charge is 0.221 e. The minimum absolute atomic E-state index is 0.0113. The van der Waals surface area contributed by atoms with Gasteiger partial charge in [0.2, 0.25) is 5.91 Å². The molecule has 102 valence electrons. The predicted molar refractivity (Wildman–Crippen MR) is 74.8 cm³/mol. The first kappa shape index (κ1) is 15.0. The molecule has 1 heterocycles. The summed E-state index contributed by atoms with van der Waals surface area (Å²) >= 11 is 0. The highest BCUT2D eigenvalue weighted by atomic mass is 16.1. The first-order chi connectivity index (χ1) is 9.08. The molecule has 0 saturated heterocycles. The van der Waals surface area contributed by atoms with Crippen molar-refractivity contribution in [2.24, 2.45) is 0 Å². The molecular formula is C14H20N4O. The summed E-state index contributed by atoms with van der Waals surface area (Å²) in [6, 6.07) is 4.01. The molecule has 1 rings (SSSR count). The number of amides is 1. The highest BCUT2D eigenvalue weighted by Crippen LogP contribution is 2.17. The lowest BCUT2D eigenvalue weighted by Crippen LogP contribution is -2.26. The van der Waals surface area contributed by atoms with E-state index in [-0.39, 0.29) is 5.91 Å². The van der Waals surface area contributed by atoms with Crippen LogP contribution in [0.5, 0.6) is 0 Å². The van der Waals surface area contributed by atoms with Crippen LogP contribution in [0.4, 0.5) is 5.82 Å². The van der Waals surface area contributed by atoms with Gasteiger partial charge in [0.25, 0.3) is 0 Å². The van der Waals surface area contributed by atoms with Crippen molar-refractivity contribution >= 4 is 11.7 Å². The lowest BCUT2D eigenvalue weighted by molar-refractivity contribution is -0.120. The van der Waals surface area contributed by atoms with Crippen LogP contribution in [0.1, 0.15) is 36.6 Å². The van der Waals surface area contributed by atoms with Gasteiger partial charge in [0, 0.05) is 25.2 Å².